The molecule has 1 aromatic heterocycles. The highest BCUT2D eigenvalue weighted by Crippen LogP contribution is 2.36. The molecular weight excluding hydrogens is 254 g/mol. The average Bonchev–Trinajstić information content (AvgIpc) is 2.87. The second-order valence-electron chi connectivity index (χ2n) is 6.47. The maximum Gasteiger partial charge on any atom is 0.142 e. The predicted molar refractivity (Wildman–Crippen MR) is 81.5 cm³/mol. The molecular formula is C16H25NOS. The van der Waals surface area contributed by atoms with E-state index in [0.29, 0.717) is 11.8 Å². The minimum atomic E-state index is -0.115. The lowest BCUT2D eigenvalue weighted by molar-refractivity contribution is -0.135. The van der Waals surface area contributed by atoms with Crippen LogP contribution in [-0.2, 0) is 4.79 Å². The Kier molecular flexibility index (Phi) is 4.46. The maximum atomic E-state index is 12.5. The highest BCUT2D eigenvalue weighted by atomic mass is 32.1. The number of hydrogen-bond donors (Lipinski definition) is 0. The third kappa shape index (κ3) is 3.26. The van der Waals surface area contributed by atoms with Crippen LogP contribution in [0.25, 0.3) is 0 Å². The Morgan fingerprint density at radius 3 is 2.89 bits per heavy atom. The molecule has 0 saturated heterocycles. The first-order valence-corrected chi connectivity index (χ1v) is 8.08. The zero-order valence-corrected chi connectivity index (χ0v) is 13.3. The van der Waals surface area contributed by atoms with E-state index in [4.69, 9.17) is 0 Å². The smallest absolute Gasteiger partial charge is 0.142 e. The van der Waals surface area contributed by atoms with Gasteiger partial charge in [0.1, 0.15) is 5.78 Å². The van der Waals surface area contributed by atoms with Gasteiger partial charge in [0.2, 0.25) is 0 Å². The Morgan fingerprint density at radius 2 is 2.26 bits per heavy atom. The second-order valence-corrected chi connectivity index (χ2v) is 7.45. The summed E-state index contributed by atoms with van der Waals surface area (Å²) in [4.78, 5) is 16.2. The standard InChI is InChI=1S/C16H25NOS/c1-12(14-8-6-10-19-14)17(4)11-13-7-5-9-16(2,3)15(13)18/h6,8,10,12-13H,5,7,9,11H2,1-4H3. The lowest BCUT2D eigenvalue weighted by Gasteiger charge is -2.36. The van der Waals surface area contributed by atoms with Crippen LogP contribution in [0, 0.1) is 11.3 Å². The van der Waals surface area contributed by atoms with Crippen molar-refractivity contribution < 1.29 is 4.79 Å². The molecule has 0 radical (unpaired) electrons. The quantitative estimate of drug-likeness (QED) is 0.825. The van der Waals surface area contributed by atoms with Gasteiger partial charge < -0.3 is 0 Å². The van der Waals surface area contributed by atoms with E-state index in [-0.39, 0.29) is 11.3 Å². The molecule has 1 aliphatic rings. The van der Waals surface area contributed by atoms with Crippen molar-refractivity contribution in [3.05, 3.63) is 22.4 Å². The lowest BCUT2D eigenvalue weighted by atomic mass is 9.71. The van der Waals surface area contributed by atoms with Gasteiger partial charge in [-0.2, -0.15) is 0 Å². The Hall–Kier alpha value is -0.670. The predicted octanol–water partition coefficient (Wildman–Crippen LogP) is 4.14. The molecule has 2 unspecified atom stereocenters. The fraction of sp³-hybridized carbons (Fsp3) is 0.688. The molecule has 1 saturated carbocycles. The summed E-state index contributed by atoms with van der Waals surface area (Å²) in [5, 5.41) is 2.12. The van der Waals surface area contributed by atoms with Crippen molar-refractivity contribution in [2.45, 2.75) is 46.1 Å². The normalized spacial score (nSPS) is 24.7. The molecule has 0 bridgehead atoms. The van der Waals surface area contributed by atoms with Crippen LogP contribution in [0.2, 0.25) is 0 Å². The fourth-order valence-corrected chi connectivity index (χ4v) is 3.87. The van der Waals surface area contributed by atoms with Crippen LogP contribution in [-0.4, -0.2) is 24.3 Å². The first kappa shape index (κ1) is 14.7. The summed E-state index contributed by atoms with van der Waals surface area (Å²) >= 11 is 1.80. The molecule has 106 valence electrons. The van der Waals surface area contributed by atoms with Crippen LogP contribution in [0.1, 0.15) is 51.0 Å². The highest BCUT2D eigenvalue weighted by Gasteiger charge is 2.37. The molecule has 2 nitrogen and oxygen atoms in total. The minimum Gasteiger partial charge on any atom is -0.299 e. The number of hydrogen-bond acceptors (Lipinski definition) is 3. The van der Waals surface area contributed by atoms with Crippen LogP contribution in [0.4, 0.5) is 0 Å². The summed E-state index contributed by atoms with van der Waals surface area (Å²) in [7, 11) is 2.14. The van der Waals surface area contributed by atoms with Crippen molar-refractivity contribution in [3.63, 3.8) is 0 Å². The molecule has 1 fully saturated rings. The topological polar surface area (TPSA) is 20.3 Å². The van der Waals surface area contributed by atoms with Crippen molar-refractivity contribution in [1.82, 2.24) is 4.90 Å². The van der Waals surface area contributed by atoms with Gasteiger partial charge in [-0.05, 0) is 38.3 Å². The van der Waals surface area contributed by atoms with Crippen LogP contribution in [0.5, 0.6) is 0 Å². The SMILES string of the molecule is CC(c1cccs1)N(C)CC1CCCC(C)(C)C1=O. The Bertz CT molecular complexity index is 424. The van der Waals surface area contributed by atoms with E-state index in [2.05, 4.69) is 50.2 Å². The summed E-state index contributed by atoms with van der Waals surface area (Å²) in [5.41, 5.74) is -0.115. The van der Waals surface area contributed by atoms with Crippen molar-refractivity contribution in [1.29, 1.82) is 0 Å². The Morgan fingerprint density at radius 1 is 1.53 bits per heavy atom. The van der Waals surface area contributed by atoms with E-state index in [0.717, 1.165) is 19.4 Å². The van der Waals surface area contributed by atoms with Gasteiger partial charge in [0.15, 0.2) is 0 Å². The number of Topliss-reactive ketones (excluding diaryl/α,β-unsaturated/α-hetero) is 1. The number of thiophene rings is 1. The first-order chi connectivity index (χ1) is 8.92. The largest absolute Gasteiger partial charge is 0.299 e. The summed E-state index contributed by atoms with van der Waals surface area (Å²) < 4.78 is 0. The molecule has 0 aromatic carbocycles. The van der Waals surface area contributed by atoms with Gasteiger partial charge in [-0.1, -0.05) is 26.3 Å². The third-order valence-electron chi connectivity index (χ3n) is 4.52. The van der Waals surface area contributed by atoms with E-state index in [1.807, 2.05) is 0 Å². The third-order valence-corrected chi connectivity index (χ3v) is 5.56. The van der Waals surface area contributed by atoms with Crippen molar-refractivity contribution in [2.75, 3.05) is 13.6 Å². The fourth-order valence-electron chi connectivity index (χ4n) is 3.02. The van der Waals surface area contributed by atoms with Crippen LogP contribution in [0.15, 0.2) is 17.5 Å². The van der Waals surface area contributed by atoms with Crippen LogP contribution in [0.3, 0.4) is 0 Å². The van der Waals surface area contributed by atoms with Crippen molar-refractivity contribution in [3.8, 4) is 0 Å². The monoisotopic (exact) mass is 279 g/mol. The zero-order valence-electron chi connectivity index (χ0n) is 12.5. The van der Waals surface area contributed by atoms with Crippen LogP contribution < -0.4 is 0 Å². The molecule has 0 amide bonds. The van der Waals surface area contributed by atoms with E-state index in [1.54, 1.807) is 11.3 Å². The Labute approximate surface area is 120 Å². The van der Waals surface area contributed by atoms with Crippen molar-refractivity contribution >= 4 is 17.1 Å². The molecule has 19 heavy (non-hydrogen) atoms. The number of carbonyl (C=O) groups is 1. The Balaban J connectivity index is 1.99. The molecule has 0 aliphatic heterocycles. The van der Waals surface area contributed by atoms with E-state index in [9.17, 15) is 4.79 Å². The van der Waals surface area contributed by atoms with Gasteiger partial charge in [-0.15, -0.1) is 11.3 Å². The minimum absolute atomic E-state index is 0.115. The molecule has 2 rings (SSSR count). The molecule has 0 spiro atoms. The second kappa shape index (κ2) is 5.76. The van der Waals surface area contributed by atoms with E-state index < -0.39 is 0 Å². The molecule has 0 N–H and O–H groups in total. The number of rotatable bonds is 4. The van der Waals surface area contributed by atoms with Gasteiger partial charge >= 0.3 is 0 Å². The molecule has 1 aliphatic carbocycles. The van der Waals surface area contributed by atoms with Gasteiger partial charge in [-0.3, -0.25) is 9.69 Å². The van der Waals surface area contributed by atoms with E-state index >= 15 is 0 Å². The zero-order chi connectivity index (χ0) is 14.0. The summed E-state index contributed by atoms with van der Waals surface area (Å²) in [6.45, 7) is 7.32. The summed E-state index contributed by atoms with van der Waals surface area (Å²) in [5.74, 6) is 0.681. The average molecular weight is 279 g/mol. The van der Waals surface area contributed by atoms with Gasteiger partial charge in [0.05, 0.1) is 0 Å². The van der Waals surface area contributed by atoms with Crippen LogP contribution >= 0.6 is 11.3 Å². The molecule has 3 heteroatoms. The first-order valence-electron chi connectivity index (χ1n) is 7.20. The molecule has 1 aromatic rings. The molecule has 2 atom stereocenters. The number of carbonyl (C=O) groups excluding carboxylic acids is 1. The number of nitrogens with zero attached hydrogens (tertiary/aromatic N) is 1. The van der Waals surface area contributed by atoms with Crippen molar-refractivity contribution in [2.24, 2.45) is 11.3 Å². The lowest BCUT2D eigenvalue weighted by Crippen LogP contribution is -2.41. The van der Waals surface area contributed by atoms with E-state index in [1.165, 1.54) is 11.3 Å². The maximum absolute atomic E-state index is 12.5. The summed E-state index contributed by atoms with van der Waals surface area (Å²) in [6.07, 6.45) is 3.29. The summed E-state index contributed by atoms with van der Waals surface area (Å²) in [6, 6.07) is 4.68. The van der Waals surface area contributed by atoms with Gasteiger partial charge in [-0.25, -0.2) is 0 Å². The van der Waals surface area contributed by atoms with Gasteiger partial charge in [0.25, 0.3) is 0 Å². The van der Waals surface area contributed by atoms with Gasteiger partial charge in [0, 0.05) is 28.8 Å². The molecule has 1 heterocycles. The highest BCUT2D eigenvalue weighted by molar-refractivity contribution is 7.10. The number of ketones is 1.